The van der Waals surface area contributed by atoms with E-state index in [2.05, 4.69) is 52.0 Å². The molecule has 0 nitrogen and oxygen atoms in total. The average Bonchev–Trinajstić information content (AvgIpc) is 2.88. The number of benzene rings is 1. The van der Waals surface area contributed by atoms with Crippen LogP contribution in [-0.2, 0) is 0 Å². The Hall–Kier alpha value is -0.780. The summed E-state index contributed by atoms with van der Waals surface area (Å²) in [6.45, 7) is 9.88. The lowest BCUT2D eigenvalue weighted by molar-refractivity contribution is 0.119. The van der Waals surface area contributed by atoms with Crippen LogP contribution in [0.3, 0.4) is 0 Å². The van der Waals surface area contributed by atoms with E-state index in [1.807, 2.05) is 0 Å². The molecule has 4 rings (SSSR count). The summed E-state index contributed by atoms with van der Waals surface area (Å²) >= 11 is 0. The third kappa shape index (κ3) is 5.82. The van der Waals surface area contributed by atoms with Gasteiger partial charge >= 0.3 is 0 Å². The Morgan fingerprint density at radius 3 is 1.53 bits per heavy atom. The monoisotopic (exact) mass is 436 g/mol. The molecule has 3 saturated carbocycles. The lowest BCUT2D eigenvalue weighted by Gasteiger charge is -2.40. The predicted octanol–water partition coefficient (Wildman–Crippen LogP) is 10.1. The Balaban J connectivity index is 1.25. The van der Waals surface area contributed by atoms with Gasteiger partial charge in [-0.05, 0) is 123 Å². The second kappa shape index (κ2) is 11.6. The molecule has 3 aliphatic carbocycles. The molecular formula is C32H52. The van der Waals surface area contributed by atoms with Crippen molar-refractivity contribution in [2.45, 2.75) is 129 Å². The third-order valence-electron chi connectivity index (χ3n) is 10.8. The summed E-state index contributed by atoms with van der Waals surface area (Å²) in [6, 6.07) is 9.96. The normalized spacial score (nSPS) is 35.9. The quantitative estimate of drug-likeness (QED) is 0.399. The molecule has 0 bridgehead atoms. The summed E-state index contributed by atoms with van der Waals surface area (Å²) in [5, 5.41) is 0. The highest BCUT2D eigenvalue weighted by Crippen LogP contribution is 2.45. The van der Waals surface area contributed by atoms with Gasteiger partial charge in [0.15, 0.2) is 0 Å². The van der Waals surface area contributed by atoms with Crippen LogP contribution in [0, 0.1) is 35.5 Å². The molecule has 180 valence electrons. The molecule has 2 atom stereocenters. The first-order valence-electron chi connectivity index (χ1n) is 14.7. The van der Waals surface area contributed by atoms with Gasteiger partial charge in [-0.1, -0.05) is 77.6 Å². The topological polar surface area (TPSA) is 0 Å². The molecule has 0 saturated heterocycles. The molecule has 0 N–H and O–H groups in total. The summed E-state index contributed by atoms with van der Waals surface area (Å²) < 4.78 is 0. The van der Waals surface area contributed by atoms with E-state index in [0.29, 0.717) is 0 Å². The molecule has 1 aromatic rings. The summed E-state index contributed by atoms with van der Waals surface area (Å²) in [5.41, 5.74) is 3.22. The van der Waals surface area contributed by atoms with Gasteiger partial charge in [-0.2, -0.15) is 0 Å². The first kappa shape index (κ1) is 24.3. The van der Waals surface area contributed by atoms with Gasteiger partial charge in [0, 0.05) is 0 Å². The number of rotatable bonds is 7. The summed E-state index contributed by atoms with van der Waals surface area (Å²) in [7, 11) is 0. The van der Waals surface area contributed by atoms with E-state index in [0.717, 1.165) is 47.3 Å². The van der Waals surface area contributed by atoms with Crippen molar-refractivity contribution in [3.8, 4) is 0 Å². The fourth-order valence-electron chi connectivity index (χ4n) is 7.93. The van der Waals surface area contributed by atoms with Gasteiger partial charge < -0.3 is 0 Å². The van der Waals surface area contributed by atoms with Crippen molar-refractivity contribution >= 4 is 0 Å². The van der Waals surface area contributed by atoms with E-state index in [1.165, 1.54) is 89.9 Å². The van der Waals surface area contributed by atoms with Gasteiger partial charge in [0.2, 0.25) is 0 Å². The van der Waals surface area contributed by atoms with Crippen LogP contribution in [0.4, 0.5) is 0 Å². The molecule has 0 aromatic heterocycles. The maximum atomic E-state index is 2.61. The fraction of sp³-hybridized carbons (Fsp3) is 0.812. The predicted molar refractivity (Wildman–Crippen MR) is 140 cm³/mol. The van der Waals surface area contributed by atoms with Crippen LogP contribution in [0.1, 0.15) is 141 Å². The minimum absolute atomic E-state index is 0.733. The highest BCUT2D eigenvalue weighted by Gasteiger charge is 2.33. The van der Waals surface area contributed by atoms with Gasteiger partial charge in [0.25, 0.3) is 0 Å². The van der Waals surface area contributed by atoms with Crippen molar-refractivity contribution in [1.29, 1.82) is 0 Å². The summed E-state index contributed by atoms with van der Waals surface area (Å²) in [5.74, 6) is 7.48. The molecule has 2 unspecified atom stereocenters. The number of hydrogen-bond donors (Lipinski definition) is 0. The Kier molecular flexibility index (Phi) is 8.80. The SMILES string of the molecule is CCC1CCC(C(C)C2CCC(C(C)c3ccc([C@H]4CC[C@H](CC)CC4)cc3)CC2)CC1. The van der Waals surface area contributed by atoms with Crippen molar-refractivity contribution < 1.29 is 0 Å². The Bertz CT molecular complexity index is 648. The molecule has 0 spiro atoms. The van der Waals surface area contributed by atoms with Gasteiger partial charge in [-0.3, -0.25) is 0 Å². The van der Waals surface area contributed by atoms with Crippen LogP contribution >= 0.6 is 0 Å². The number of hydrogen-bond acceptors (Lipinski definition) is 0. The van der Waals surface area contributed by atoms with Crippen LogP contribution in [0.5, 0.6) is 0 Å². The Morgan fingerprint density at radius 2 is 1.03 bits per heavy atom. The van der Waals surface area contributed by atoms with Crippen LogP contribution in [0.15, 0.2) is 24.3 Å². The minimum Gasteiger partial charge on any atom is -0.0651 e. The molecule has 32 heavy (non-hydrogen) atoms. The Morgan fingerprint density at radius 1 is 0.594 bits per heavy atom. The minimum atomic E-state index is 0.733. The second-order valence-electron chi connectivity index (χ2n) is 12.3. The Labute approximate surface area is 200 Å². The van der Waals surface area contributed by atoms with Crippen molar-refractivity contribution in [2.24, 2.45) is 35.5 Å². The molecule has 3 aliphatic rings. The largest absolute Gasteiger partial charge is 0.0651 e. The highest BCUT2D eigenvalue weighted by atomic mass is 14.4. The van der Waals surface area contributed by atoms with Crippen molar-refractivity contribution in [1.82, 2.24) is 0 Å². The summed E-state index contributed by atoms with van der Waals surface area (Å²) in [4.78, 5) is 0. The highest BCUT2D eigenvalue weighted by molar-refractivity contribution is 5.28. The van der Waals surface area contributed by atoms with Crippen molar-refractivity contribution in [3.05, 3.63) is 35.4 Å². The van der Waals surface area contributed by atoms with Gasteiger partial charge in [0.05, 0.1) is 0 Å². The lowest BCUT2D eigenvalue weighted by Crippen LogP contribution is -2.29. The first-order chi connectivity index (χ1) is 15.6. The molecule has 0 amide bonds. The van der Waals surface area contributed by atoms with Crippen molar-refractivity contribution in [2.75, 3.05) is 0 Å². The van der Waals surface area contributed by atoms with Crippen LogP contribution in [-0.4, -0.2) is 0 Å². The smallest absolute Gasteiger partial charge is 0.0162 e. The fourth-order valence-corrected chi connectivity index (χ4v) is 7.93. The van der Waals surface area contributed by atoms with E-state index in [4.69, 9.17) is 0 Å². The van der Waals surface area contributed by atoms with Gasteiger partial charge in [-0.25, -0.2) is 0 Å². The van der Waals surface area contributed by atoms with E-state index in [1.54, 1.807) is 11.1 Å². The zero-order chi connectivity index (χ0) is 22.5. The van der Waals surface area contributed by atoms with Crippen molar-refractivity contribution in [3.63, 3.8) is 0 Å². The third-order valence-corrected chi connectivity index (χ3v) is 10.8. The van der Waals surface area contributed by atoms with E-state index < -0.39 is 0 Å². The molecule has 0 radical (unpaired) electrons. The van der Waals surface area contributed by atoms with Crippen LogP contribution in [0.25, 0.3) is 0 Å². The van der Waals surface area contributed by atoms with E-state index in [-0.39, 0.29) is 0 Å². The molecular weight excluding hydrogens is 384 g/mol. The second-order valence-corrected chi connectivity index (χ2v) is 12.3. The van der Waals surface area contributed by atoms with Gasteiger partial charge in [-0.15, -0.1) is 0 Å². The first-order valence-corrected chi connectivity index (χ1v) is 14.7. The maximum absolute atomic E-state index is 2.61. The molecule has 3 fully saturated rings. The van der Waals surface area contributed by atoms with Crippen LogP contribution in [0.2, 0.25) is 0 Å². The lowest BCUT2D eigenvalue weighted by atomic mass is 9.65. The molecule has 0 heteroatoms. The zero-order valence-electron chi connectivity index (χ0n) is 21.8. The van der Waals surface area contributed by atoms with E-state index in [9.17, 15) is 0 Å². The maximum Gasteiger partial charge on any atom is -0.0162 e. The van der Waals surface area contributed by atoms with Gasteiger partial charge in [0.1, 0.15) is 0 Å². The molecule has 1 aromatic carbocycles. The molecule has 0 aliphatic heterocycles. The van der Waals surface area contributed by atoms with Crippen LogP contribution < -0.4 is 0 Å². The standard InChI is InChI=1S/C32H52/c1-5-25-7-11-27(12-8-25)23(3)28-15-17-29(18-16-28)24(4)30-19-21-32(22-20-30)31-13-9-26(6-2)10-14-31/h19-29,31H,5-18H2,1-4H3/t23?,24?,25?,26-,27?,28?,29?,31-. The average molecular weight is 437 g/mol. The summed E-state index contributed by atoms with van der Waals surface area (Å²) in [6.07, 6.45) is 20.5. The zero-order valence-corrected chi connectivity index (χ0v) is 21.8. The van der Waals surface area contributed by atoms with E-state index >= 15 is 0 Å². The molecule has 0 heterocycles.